The van der Waals surface area contributed by atoms with E-state index < -0.39 is 0 Å². The van der Waals surface area contributed by atoms with Gasteiger partial charge in [-0.05, 0) is 45.4 Å². The molecule has 2 nitrogen and oxygen atoms in total. The van der Waals surface area contributed by atoms with E-state index >= 15 is 0 Å². The molecule has 0 atom stereocenters. The molecule has 0 radical (unpaired) electrons. The first-order valence-electron chi connectivity index (χ1n) is 9.26. The van der Waals surface area contributed by atoms with E-state index in [1.807, 2.05) is 0 Å². The highest BCUT2D eigenvalue weighted by atomic mass is 16.5. The van der Waals surface area contributed by atoms with Crippen molar-refractivity contribution in [3.63, 3.8) is 0 Å². The SMILES string of the molecule is CC(C)c1cc(C2c3ccccc3-c3ccccc32)ccc1OCCO. The molecule has 4 rings (SSSR count). The minimum atomic E-state index is 0.0304. The monoisotopic (exact) mass is 344 g/mol. The van der Waals surface area contributed by atoms with Gasteiger partial charge in [0, 0.05) is 5.92 Å². The van der Waals surface area contributed by atoms with Gasteiger partial charge in [0.05, 0.1) is 6.61 Å². The van der Waals surface area contributed by atoms with Gasteiger partial charge in [-0.15, -0.1) is 0 Å². The van der Waals surface area contributed by atoms with Crippen LogP contribution in [0.3, 0.4) is 0 Å². The van der Waals surface area contributed by atoms with Crippen LogP contribution in [0.25, 0.3) is 11.1 Å². The molecule has 1 N–H and O–H groups in total. The van der Waals surface area contributed by atoms with Crippen LogP contribution in [-0.2, 0) is 0 Å². The Morgan fingerprint density at radius 3 is 2.08 bits per heavy atom. The minimum Gasteiger partial charge on any atom is -0.491 e. The van der Waals surface area contributed by atoms with Crippen LogP contribution in [0.2, 0.25) is 0 Å². The van der Waals surface area contributed by atoms with Crippen LogP contribution in [0.15, 0.2) is 66.7 Å². The summed E-state index contributed by atoms with van der Waals surface area (Å²) in [5.41, 5.74) is 7.89. The number of rotatable bonds is 5. The molecule has 2 heteroatoms. The van der Waals surface area contributed by atoms with Crippen LogP contribution in [0.1, 0.15) is 47.9 Å². The van der Waals surface area contributed by atoms with E-state index in [4.69, 9.17) is 9.84 Å². The Balaban J connectivity index is 1.84. The molecule has 1 aliphatic rings. The third-order valence-electron chi connectivity index (χ3n) is 5.17. The Bertz CT molecular complexity index is 881. The molecule has 0 aliphatic heterocycles. The standard InChI is InChI=1S/C24H24O2/c1-16(2)22-15-17(11-12-23(22)26-14-13-25)24-20-9-5-3-7-18(20)19-8-4-6-10-21(19)24/h3-12,15-16,24-25H,13-14H2,1-2H3. The smallest absolute Gasteiger partial charge is 0.122 e. The summed E-state index contributed by atoms with van der Waals surface area (Å²) in [6.07, 6.45) is 0. The molecule has 0 spiro atoms. The number of aliphatic hydroxyl groups is 1. The molecule has 0 amide bonds. The first-order chi connectivity index (χ1) is 12.7. The lowest BCUT2D eigenvalue weighted by Gasteiger charge is -2.19. The molecule has 132 valence electrons. The van der Waals surface area contributed by atoms with Crippen LogP contribution < -0.4 is 4.74 Å². The van der Waals surface area contributed by atoms with Crippen molar-refractivity contribution in [2.75, 3.05) is 13.2 Å². The molecular formula is C24H24O2. The van der Waals surface area contributed by atoms with Gasteiger partial charge in [0.2, 0.25) is 0 Å². The van der Waals surface area contributed by atoms with Gasteiger partial charge < -0.3 is 9.84 Å². The summed E-state index contributed by atoms with van der Waals surface area (Å²) >= 11 is 0. The summed E-state index contributed by atoms with van der Waals surface area (Å²) < 4.78 is 5.75. The maximum Gasteiger partial charge on any atom is 0.122 e. The number of fused-ring (bicyclic) bond motifs is 3. The second-order valence-corrected chi connectivity index (χ2v) is 7.13. The number of benzene rings is 3. The zero-order valence-electron chi connectivity index (χ0n) is 15.3. The maximum atomic E-state index is 9.08. The lowest BCUT2D eigenvalue weighted by atomic mass is 9.87. The highest BCUT2D eigenvalue weighted by Gasteiger charge is 2.29. The van der Waals surface area contributed by atoms with E-state index in [0.29, 0.717) is 12.5 Å². The van der Waals surface area contributed by atoms with Gasteiger partial charge in [-0.1, -0.05) is 74.5 Å². The predicted molar refractivity (Wildman–Crippen MR) is 106 cm³/mol. The van der Waals surface area contributed by atoms with E-state index in [2.05, 4.69) is 80.6 Å². The van der Waals surface area contributed by atoms with E-state index in [-0.39, 0.29) is 12.5 Å². The van der Waals surface area contributed by atoms with Crippen LogP contribution in [0.5, 0.6) is 5.75 Å². The largest absolute Gasteiger partial charge is 0.491 e. The Morgan fingerprint density at radius 2 is 1.50 bits per heavy atom. The molecule has 26 heavy (non-hydrogen) atoms. The van der Waals surface area contributed by atoms with E-state index in [0.717, 1.165) is 5.75 Å². The molecule has 3 aromatic carbocycles. The fourth-order valence-corrected chi connectivity index (χ4v) is 4.00. The summed E-state index contributed by atoms with van der Waals surface area (Å²) in [6, 6.07) is 23.9. The third-order valence-corrected chi connectivity index (χ3v) is 5.17. The lowest BCUT2D eigenvalue weighted by molar-refractivity contribution is 0.200. The Labute approximate surface area is 155 Å². The van der Waals surface area contributed by atoms with Crippen LogP contribution >= 0.6 is 0 Å². The van der Waals surface area contributed by atoms with Gasteiger partial charge in [-0.3, -0.25) is 0 Å². The maximum absolute atomic E-state index is 9.08. The van der Waals surface area contributed by atoms with Crippen LogP contribution in [-0.4, -0.2) is 18.3 Å². The van der Waals surface area contributed by atoms with Crippen molar-refractivity contribution in [3.05, 3.63) is 89.0 Å². The third kappa shape index (κ3) is 2.81. The molecule has 0 bridgehead atoms. The molecule has 0 saturated heterocycles. The summed E-state index contributed by atoms with van der Waals surface area (Å²) in [5.74, 6) is 1.49. The van der Waals surface area contributed by atoms with Crippen molar-refractivity contribution in [2.24, 2.45) is 0 Å². The second-order valence-electron chi connectivity index (χ2n) is 7.13. The molecule has 0 aromatic heterocycles. The summed E-state index contributed by atoms with van der Waals surface area (Å²) in [6.45, 7) is 4.72. The Morgan fingerprint density at radius 1 is 0.885 bits per heavy atom. The van der Waals surface area contributed by atoms with Gasteiger partial charge in [0.25, 0.3) is 0 Å². The number of ether oxygens (including phenoxy) is 1. The molecule has 0 saturated carbocycles. The van der Waals surface area contributed by atoms with Crippen molar-refractivity contribution in [1.29, 1.82) is 0 Å². The highest BCUT2D eigenvalue weighted by molar-refractivity contribution is 5.80. The fraction of sp³-hybridized carbons (Fsp3) is 0.250. The van der Waals surface area contributed by atoms with Crippen LogP contribution in [0.4, 0.5) is 0 Å². The molecule has 0 fully saturated rings. The van der Waals surface area contributed by atoms with E-state index in [9.17, 15) is 0 Å². The number of hydrogen-bond acceptors (Lipinski definition) is 2. The summed E-state index contributed by atoms with van der Waals surface area (Å²) in [4.78, 5) is 0. The lowest BCUT2D eigenvalue weighted by Crippen LogP contribution is -2.06. The fourth-order valence-electron chi connectivity index (χ4n) is 4.00. The van der Waals surface area contributed by atoms with Crippen molar-refractivity contribution in [1.82, 2.24) is 0 Å². The van der Waals surface area contributed by atoms with Crippen LogP contribution in [0, 0.1) is 0 Å². The number of hydrogen-bond donors (Lipinski definition) is 1. The average Bonchev–Trinajstić information content (AvgIpc) is 3.01. The minimum absolute atomic E-state index is 0.0304. The average molecular weight is 344 g/mol. The van der Waals surface area contributed by atoms with Crippen molar-refractivity contribution < 1.29 is 9.84 Å². The summed E-state index contributed by atoms with van der Waals surface area (Å²) in [5, 5.41) is 9.08. The second kappa shape index (κ2) is 6.97. The van der Waals surface area contributed by atoms with Gasteiger partial charge in [-0.25, -0.2) is 0 Å². The highest BCUT2D eigenvalue weighted by Crippen LogP contribution is 2.48. The molecule has 3 aromatic rings. The molecule has 0 heterocycles. The zero-order valence-corrected chi connectivity index (χ0v) is 15.3. The first-order valence-corrected chi connectivity index (χ1v) is 9.26. The predicted octanol–water partition coefficient (Wildman–Crippen LogP) is 5.34. The van der Waals surface area contributed by atoms with Gasteiger partial charge in [0.1, 0.15) is 12.4 Å². The van der Waals surface area contributed by atoms with Crippen molar-refractivity contribution >= 4 is 0 Å². The van der Waals surface area contributed by atoms with Gasteiger partial charge >= 0.3 is 0 Å². The topological polar surface area (TPSA) is 29.5 Å². The quantitative estimate of drug-likeness (QED) is 0.529. The van der Waals surface area contributed by atoms with Crippen molar-refractivity contribution in [2.45, 2.75) is 25.7 Å². The number of aliphatic hydroxyl groups excluding tert-OH is 1. The Hall–Kier alpha value is -2.58. The van der Waals surface area contributed by atoms with Gasteiger partial charge in [-0.2, -0.15) is 0 Å². The van der Waals surface area contributed by atoms with Crippen molar-refractivity contribution in [3.8, 4) is 16.9 Å². The zero-order chi connectivity index (χ0) is 18.1. The van der Waals surface area contributed by atoms with E-state index in [1.165, 1.54) is 33.4 Å². The molecule has 1 aliphatic carbocycles. The normalized spacial score (nSPS) is 12.9. The van der Waals surface area contributed by atoms with Gasteiger partial charge in [0.15, 0.2) is 0 Å². The Kier molecular flexibility index (Phi) is 4.52. The molecule has 0 unspecified atom stereocenters. The molecular weight excluding hydrogens is 320 g/mol. The van der Waals surface area contributed by atoms with E-state index in [1.54, 1.807) is 0 Å². The summed E-state index contributed by atoms with van der Waals surface area (Å²) in [7, 11) is 0. The first kappa shape index (κ1) is 16.9.